The number of para-hydroxylation sites is 1. The van der Waals surface area contributed by atoms with E-state index in [1.807, 2.05) is 36.4 Å². The molecule has 2 aliphatic heterocycles. The molecule has 0 unspecified atom stereocenters. The molecule has 3 aromatic rings. The van der Waals surface area contributed by atoms with E-state index in [0.717, 1.165) is 12.8 Å². The molecule has 3 heterocycles. The first-order valence-electron chi connectivity index (χ1n) is 9.21. The average Bonchev–Trinajstić information content (AvgIpc) is 3.18. The molecule has 1 fully saturated rings. The van der Waals surface area contributed by atoms with Gasteiger partial charge in [0.25, 0.3) is 0 Å². The lowest BCUT2D eigenvalue weighted by molar-refractivity contribution is 0.0262. The molecule has 1 aromatic heterocycles. The largest absolute Gasteiger partial charge is 0.489 e. The molecule has 2 N–H and O–H groups in total. The summed E-state index contributed by atoms with van der Waals surface area (Å²) >= 11 is 0. The lowest BCUT2D eigenvalue weighted by Crippen LogP contribution is -2.26. The van der Waals surface area contributed by atoms with Crippen molar-refractivity contribution in [3.8, 4) is 17.2 Å². The van der Waals surface area contributed by atoms with Gasteiger partial charge in [0, 0.05) is 12.8 Å². The zero-order valence-electron chi connectivity index (χ0n) is 15.1. The fourth-order valence-electron chi connectivity index (χ4n) is 3.50. The third-order valence-corrected chi connectivity index (χ3v) is 4.83. The summed E-state index contributed by atoms with van der Waals surface area (Å²) in [6.07, 6.45) is 1.72. The van der Waals surface area contributed by atoms with Crippen molar-refractivity contribution in [2.24, 2.45) is 0 Å². The summed E-state index contributed by atoms with van der Waals surface area (Å²) < 4.78 is 22.6. The molecule has 0 amide bonds. The Labute approximate surface area is 160 Å². The number of rotatable bonds is 4. The molecular weight excluding hydrogens is 362 g/mol. The topological polar surface area (TPSA) is 94.7 Å². The Kier molecular flexibility index (Phi) is 4.25. The average molecular weight is 381 g/mol. The highest BCUT2D eigenvalue weighted by atomic mass is 16.7. The first-order valence-corrected chi connectivity index (χ1v) is 9.21. The van der Waals surface area contributed by atoms with E-state index in [1.54, 1.807) is 0 Å². The second kappa shape index (κ2) is 7.05. The van der Waals surface area contributed by atoms with Crippen molar-refractivity contribution in [3.05, 3.63) is 46.9 Å². The van der Waals surface area contributed by atoms with Gasteiger partial charge in [-0.05, 0) is 24.3 Å². The third kappa shape index (κ3) is 3.11. The number of H-pyrrole nitrogens is 1. The molecule has 28 heavy (non-hydrogen) atoms. The molecule has 0 spiro atoms. The molecule has 8 heteroatoms. The Morgan fingerprint density at radius 3 is 2.86 bits per heavy atom. The molecule has 0 bridgehead atoms. The summed E-state index contributed by atoms with van der Waals surface area (Å²) in [5.74, 6) is 2.32. The van der Waals surface area contributed by atoms with Gasteiger partial charge in [0.15, 0.2) is 11.5 Å². The molecule has 0 atom stereocenters. The van der Waals surface area contributed by atoms with Crippen molar-refractivity contribution in [1.82, 2.24) is 9.97 Å². The molecule has 0 radical (unpaired) electrons. The number of nitrogens with zero attached hydrogens (tertiary/aromatic N) is 1. The maximum Gasteiger partial charge on any atom is 0.347 e. The van der Waals surface area contributed by atoms with Gasteiger partial charge in [-0.3, -0.25) is 0 Å². The number of anilines is 2. The predicted molar refractivity (Wildman–Crippen MR) is 103 cm³/mol. The minimum atomic E-state index is -0.442. The number of ether oxygens (including phenoxy) is 4. The second-order valence-corrected chi connectivity index (χ2v) is 6.66. The van der Waals surface area contributed by atoms with E-state index in [4.69, 9.17) is 18.9 Å². The van der Waals surface area contributed by atoms with Crippen LogP contribution in [0.15, 0.2) is 41.2 Å². The zero-order valence-corrected chi connectivity index (χ0v) is 15.1. The first kappa shape index (κ1) is 16.9. The fourth-order valence-corrected chi connectivity index (χ4v) is 3.50. The van der Waals surface area contributed by atoms with Crippen LogP contribution >= 0.6 is 0 Å². The number of aromatic nitrogens is 2. The number of hydrogen-bond acceptors (Lipinski definition) is 7. The quantitative estimate of drug-likeness (QED) is 0.717. The second-order valence-electron chi connectivity index (χ2n) is 6.66. The van der Waals surface area contributed by atoms with Crippen molar-refractivity contribution >= 4 is 22.4 Å². The summed E-state index contributed by atoms with van der Waals surface area (Å²) in [7, 11) is 0. The van der Waals surface area contributed by atoms with Crippen LogP contribution in [0.1, 0.15) is 12.8 Å². The normalized spacial score (nSPS) is 16.3. The highest BCUT2D eigenvalue weighted by molar-refractivity contribution is 5.96. The number of aromatic amines is 1. The lowest BCUT2D eigenvalue weighted by Gasteiger charge is -2.24. The van der Waals surface area contributed by atoms with Gasteiger partial charge in [0.05, 0.1) is 29.8 Å². The van der Waals surface area contributed by atoms with Crippen LogP contribution in [0.4, 0.5) is 11.5 Å². The summed E-state index contributed by atoms with van der Waals surface area (Å²) in [6, 6.07) is 11.1. The molecule has 2 aromatic carbocycles. The lowest BCUT2D eigenvalue weighted by atomic mass is 10.1. The van der Waals surface area contributed by atoms with Crippen LogP contribution < -0.4 is 25.2 Å². The van der Waals surface area contributed by atoms with Crippen LogP contribution in [0, 0.1) is 0 Å². The summed E-state index contributed by atoms with van der Waals surface area (Å²) in [6.45, 7) is 1.53. The van der Waals surface area contributed by atoms with Crippen molar-refractivity contribution in [3.63, 3.8) is 0 Å². The Balaban J connectivity index is 1.58. The number of nitrogens with one attached hydrogen (secondary N) is 2. The Morgan fingerprint density at radius 1 is 1.11 bits per heavy atom. The van der Waals surface area contributed by atoms with Gasteiger partial charge in [-0.1, -0.05) is 12.1 Å². The number of fused-ring (bicyclic) bond motifs is 2. The third-order valence-electron chi connectivity index (χ3n) is 4.83. The zero-order chi connectivity index (χ0) is 18.9. The maximum absolute atomic E-state index is 12.1. The molecule has 8 nitrogen and oxygen atoms in total. The minimum absolute atomic E-state index is 0.0665. The van der Waals surface area contributed by atoms with Gasteiger partial charge in [-0.25, -0.2) is 4.79 Å². The monoisotopic (exact) mass is 381 g/mol. The van der Waals surface area contributed by atoms with E-state index in [9.17, 15) is 4.79 Å². The van der Waals surface area contributed by atoms with Crippen LogP contribution in [0.25, 0.3) is 10.9 Å². The summed E-state index contributed by atoms with van der Waals surface area (Å²) in [4.78, 5) is 19.0. The van der Waals surface area contributed by atoms with Gasteiger partial charge < -0.3 is 29.2 Å². The van der Waals surface area contributed by atoms with Crippen molar-refractivity contribution in [1.29, 1.82) is 0 Å². The molecule has 144 valence electrons. The van der Waals surface area contributed by atoms with Crippen LogP contribution in [0.5, 0.6) is 17.2 Å². The van der Waals surface area contributed by atoms with E-state index in [1.165, 1.54) is 0 Å². The van der Waals surface area contributed by atoms with Crippen molar-refractivity contribution in [2.75, 3.05) is 25.3 Å². The summed E-state index contributed by atoms with van der Waals surface area (Å²) in [5, 5.41) is 3.94. The molecular formula is C20H19N3O5. The molecule has 5 rings (SSSR count). The van der Waals surface area contributed by atoms with Crippen molar-refractivity contribution in [2.45, 2.75) is 18.9 Å². The highest BCUT2D eigenvalue weighted by Crippen LogP contribution is 2.41. The van der Waals surface area contributed by atoms with E-state index in [-0.39, 0.29) is 12.9 Å². The molecule has 0 saturated carbocycles. The van der Waals surface area contributed by atoms with E-state index < -0.39 is 5.69 Å². The van der Waals surface area contributed by atoms with Gasteiger partial charge in [-0.15, -0.1) is 0 Å². The van der Waals surface area contributed by atoms with Gasteiger partial charge in [0.1, 0.15) is 17.7 Å². The Hall–Kier alpha value is -3.26. The highest BCUT2D eigenvalue weighted by Gasteiger charge is 2.21. The van der Waals surface area contributed by atoms with Crippen LogP contribution in [-0.2, 0) is 4.74 Å². The van der Waals surface area contributed by atoms with E-state index in [0.29, 0.717) is 52.9 Å². The molecule has 0 aliphatic carbocycles. The fraction of sp³-hybridized carbons (Fsp3) is 0.300. The van der Waals surface area contributed by atoms with Crippen LogP contribution in [0.2, 0.25) is 0 Å². The Bertz CT molecular complexity index is 1080. The van der Waals surface area contributed by atoms with Crippen LogP contribution in [0.3, 0.4) is 0 Å². The number of hydrogen-bond donors (Lipinski definition) is 2. The maximum atomic E-state index is 12.1. The van der Waals surface area contributed by atoms with Gasteiger partial charge in [-0.2, -0.15) is 4.98 Å². The predicted octanol–water partition coefficient (Wildman–Crippen LogP) is 2.95. The van der Waals surface area contributed by atoms with E-state index in [2.05, 4.69) is 15.3 Å². The standard InChI is InChI=1S/C20H19N3O5/c24-20-22-13-3-1-5-15(28-12-7-9-25-10-8-12)17(13)19(23-20)21-14-4-2-6-16-18(14)27-11-26-16/h1-6,12H,7-11H2,(H2,21,22,23,24). The first-order chi connectivity index (χ1) is 13.8. The molecule has 2 aliphatic rings. The van der Waals surface area contributed by atoms with Crippen LogP contribution in [-0.4, -0.2) is 36.1 Å². The molecule has 1 saturated heterocycles. The van der Waals surface area contributed by atoms with Gasteiger partial charge >= 0.3 is 5.69 Å². The smallest absolute Gasteiger partial charge is 0.347 e. The summed E-state index contributed by atoms with van der Waals surface area (Å²) in [5.41, 5.74) is 0.884. The van der Waals surface area contributed by atoms with Gasteiger partial charge in [0.2, 0.25) is 6.79 Å². The Morgan fingerprint density at radius 2 is 1.96 bits per heavy atom. The SMILES string of the molecule is O=c1nc(Nc2cccc3c2OCO3)c2c(OC3CCOCC3)cccc2[nH]1. The number of benzene rings is 2. The minimum Gasteiger partial charge on any atom is -0.489 e. The van der Waals surface area contributed by atoms with Crippen molar-refractivity contribution < 1.29 is 18.9 Å². The van der Waals surface area contributed by atoms with E-state index >= 15 is 0 Å².